The number of benzene rings is 4. The fraction of sp³-hybridized carbons (Fsp3) is 0.357. The molecule has 2 heterocycles. The molecule has 7 nitrogen and oxygen atoms in total. The zero-order chi connectivity index (χ0) is 38.7. The maximum atomic E-state index is 15.1. The summed E-state index contributed by atoms with van der Waals surface area (Å²) in [5.74, 6) is -2.21. The molecule has 1 saturated heterocycles. The van der Waals surface area contributed by atoms with Crippen LogP contribution in [-0.2, 0) is 31.9 Å². The van der Waals surface area contributed by atoms with Crippen molar-refractivity contribution in [2.75, 3.05) is 40.3 Å². The molecule has 2 aliphatic heterocycles. The Kier molecular flexibility index (Phi) is 13.3. The van der Waals surface area contributed by atoms with Gasteiger partial charge in [-0.25, -0.2) is 0 Å². The molecule has 4 aromatic rings. The molecule has 55 heavy (non-hydrogen) atoms. The van der Waals surface area contributed by atoms with Gasteiger partial charge in [-0.1, -0.05) is 114 Å². The van der Waals surface area contributed by atoms with Gasteiger partial charge >= 0.3 is 6.18 Å². The maximum absolute atomic E-state index is 15.1. The van der Waals surface area contributed by atoms with Crippen molar-refractivity contribution in [3.05, 3.63) is 141 Å². The second-order valence-corrected chi connectivity index (χ2v) is 15.2. The van der Waals surface area contributed by atoms with Gasteiger partial charge in [0.2, 0.25) is 17.7 Å². The van der Waals surface area contributed by atoms with E-state index in [9.17, 15) is 22.8 Å². The van der Waals surface area contributed by atoms with Crippen LogP contribution in [0, 0.1) is 0 Å². The number of nitrogens with one attached hydrogen (secondary N) is 1. The summed E-state index contributed by atoms with van der Waals surface area (Å²) in [6.45, 7) is 1.40. The molecule has 1 spiro atoms. The normalized spacial score (nSPS) is 16.4. The fourth-order valence-electron chi connectivity index (χ4n) is 8.12. The molecule has 2 aliphatic rings. The third kappa shape index (κ3) is 9.31. The summed E-state index contributed by atoms with van der Waals surface area (Å²) in [5, 5.41) is 3.75. The third-order valence-corrected chi connectivity index (χ3v) is 11.8. The smallest absolute Gasteiger partial charge is 0.346 e. The number of likely N-dealkylation sites (N-methyl/N-ethyl adjacent to an activating group) is 2. The Balaban J connectivity index is 0.00000580. The van der Waals surface area contributed by atoms with Gasteiger partial charge in [0.25, 0.3) is 0 Å². The molecule has 1 atom stereocenters. The Morgan fingerprint density at radius 2 is 1.44 bits per heavy atom. The minimum absolute atomic E-state index is 0. The number of alkyl halides is 3. The van der Waals surface area contributed by atoms with Crippen LogP contribution in [0.25, 0.3) is 0 Å². The summed E-state index contributed by atoms with van der Waals surface area (Å²) in [5.41, 5.74) is 2.29. The second kappa shape index (κ2) is 17.4. The maximum Gasteiger partial charge on any atom is 0.397 e. The number of carbonyl (C=O) groups excluding carboxylic acids is 3. The Bertz CT molecular complexity index is 1940. The van der Waals surface area contributed by atoms with Gasteiger partial charge in [-0.05, 0) is 59.2 Å². The van der Waals surface area contributed by atoms with Crippen molar-refractivity contribution in [3.8, 4) is 0 Å². The van der Waals surface area contributed by atoms with Crippen LogP contribution in [0.3, 0.4) is 0 Å². The zero-order valence-corrected chi connectivity index (χ0v) is 32.9. The number of piperidine rings is 1. The number of rotatable bonds is 11. The van der Waals surface area contributed by atoms with Gasteiger partial charge in [-0.15, -0.1) is 12.4 Å². The molecular formula is C42H44Cl3F3N4O3. The van der Waals surface area contributed by atoms with E-state index in [0.717, 1.165) is 27.2 Å². The van der Waals surface area contributed by atoms with Crippen LogP contribution in [0.15, 0.2) is 103 Å². The van der Waals surface area contributed by atoms with Gasteiger partial charge in [0.05, 0.1) is 33.5 Å². The first kappa shape index (κ1) is 42.1. The lowest BCUT2D eigenvalue weighted by atomic mass is 9.75. The van der Waals surface area contributed by atoms with Crippen molar-refractivity contribution in [1.82, 2.24) is 20.0 Å². The summed E-state index contributed by atoms with van der Waals surface area (Å²) in [4.78, 5) is 46.0. The minimum Gasteiger partial charge on any atom is -0.346 e. The van der Waals surface area contributed by atoms with Crippen molar-refractivity contribution in [1.29, 1.82) is 0 Å². The molecule has 1 fully saturated rings. The summed E-state index contributed by atoms with van der Waals surface area (Å²) in [6.07, 6.45) is -4.49. The molecular weight excluding hydrogens is 772 g/mol. The van der Waals surface area contributed by atoms with Gasteiger partial charge in [-0.2, -0.15) is 13.2 Å². The lowest BCUT2D eigenvalue weighted by Gasteiger charge is -2.48. The number of fused-ring (bicyclic) bond motifs is 2. The first-order valence-corrected chi connectivity index (χ1v) is 18.7. The summed E-state index contributed by atoms with van der Waals surface area (Å²) in [7, 11) is 2.98. The highest BCUT2D eigenvalue weighted by molar-refractivity contribution is 6.42. The first-order valence-electron chi connectivity index (χ1n) is 18.0. The number of halogens is 6. The quantitative estimate of drug-likeness (QED) is 0.165. The van der Waals surface area contributed by atoms with Crippen LogP contribution in [0.5, 0.6) is 0 Å². The molecule has 3 amide bonds. The first-order chi connectivity index (χ1) is 25.7. The van der Waals surface area contributed by atoms with E-state index >= 15 is 4.79 Å². The van der Waals surface area contributed by atoms with Crippen molar-refractivity contribution in [2.24, 2.45) is 0 Å². The average molecular weight is 816 g/mol. The predicted molar refractivity (Wildman–Crippen MR) is 211 cm³/mol. The number of amides is 3. The number of hydrogen-bond donors (Lipinski definition) is 1. The molecule has 4 aromatic carbocycles. The molecule has 1 N–H and O–H groups in total. The van der Waals surface area contributed by atoms with E-state index in [-0.39, 0.29) is 47.2 Å². The van der Waals surface area contributed by atoms with E-state index in [4.69, 9.17) is 23.2 Å². The lowest BCUT2D eigenvalue weighted by molar-refractivity contribution is -0.163. The Morgan fingerprint density at radius 1 is 0.855 bits per heavy atom. The standard InChI is InChI=1S/C42H43Cl2F3N4O3.ClH/c1-49(37(53)27-42(45,46)47)28-41(32-17-18-34(43)35(44)26-32,50(2)39(54)38(29-11-5-3-6-12-29)30-13-7-4-8-14-30)21-24-51-22-19-40(20-23-51)33-16-10-9-15-31(33)25-36(52)48-40;/h3-18,26,38H,19-25,27-28H2,1-2H3,(H,48,52);1H/t41-;/m1./s1. The van der Waals surface area contributed by atoms with Gasteiger partial charge in [0.1, 0.15) is 6.42 Å². The molecule has 0 aromatic heterocycles. The highest BCUT2D eigenvalue weighted by atomic mass is 35.5. The van der Waals surface area contributed by atoms with Gasteiger partial charge < -0.3 is 20.0 Å². The van der Waals surface area contributed by atoms with Crippen molar-refractivity contribution < 1.29 is 27.6 Å². The molecule has 0 bridgehead atoms. The molecule has 0 aliphatic carbocycles. The van der Waals surface area contributed by atoms with Crippen LogP contribution >= 0.6 is 35.6 Å². The van der Waals surface area contributed by atoms with Gasteiger partial charge in [0, 0.05) is 40.3 Å². The lowest BCUT2D eigenvalue weighted by Crippen LogP contribution is -2.58. The van der Waals surface area contributed by atoms with Crippen molar-refractivity contribution >= 4 is 53.3 Å². The van der Waals surface area contributed by atoms with E-state index in [1.807, 2.05) is 78.9 Å². The van der Waals surface area contributed by atoms with E-state index < -0.39 is 35.5 Å². The van der Waals surface area contributed by atoms with Crippen LogP contribution in [0.1, 0.15) is 59.4 Å². The second-order valence-electron chi connectivity index (χ2n) is 14.4. The average Bonchev–Trinajstić information content (AvgIpc) is 3.15. The molecule has 292 valence electrons. The van der Waals surface area contributed by atoms with Crippen LogP contribution in [0.2, 0.25) is 10.0 Å². The van der Waals surface area contributed by atoms with Crippen molar-refractivity contribution in [3.63, 3.8) is 0 Å². The summed E-state index contributed by atoms with van der Waals surface area (Å²) < 4.78 is 40.7. The molecule has 13 heteroatoms. The SMILES string of the molecule is CN(C[C@](CCN1CCC2(CC1)NC(=O)Cc1ccccc12)(c1ccc(Cl)c(Cl)c1)N(C)C(=O)C(c1ccccc1)c1ccccc1)C(=O)CC(F)(F)F.Cl. The van der Waals surface area contributed by atoms with E-state index in [1.165, 1.54) is 7.05 Å². The summed E-state index contributed by atoms with van der Waals surface area (Å²) in [6, 6.07) is 31.6. The molecule has 0 radical (unpaired) electrons. The van der Waals surface area contributed by atoms with Gasteiger partial charge in [0.15, 0.2) is 0 Å². The Hall–Kier alpha value is -4.09. The molecule has 0 saturated carbocycles. The largest absolute Gasteiger partial charge is 0.397 e. The van der Waals surface area contributed by atoms with Crippen molar-refractivity contribution in [2.45, 2.75) is 55.3 Å². The van der Waals surface area contributed by atoms with E-state index in [2.05, 4.69) is 16.3 Å². The van der Waals surface area contributed by atoms with Crippen LogP contribution < -0.4 is 5.32 Å². The van der Waals surface area contributed by atoms with E-state index in [1.54, 1.807) is 30.1 Å². The van der Waals surface area contributed by atoms with Crippen LogP contribution in [0.4, 0.5) is 13.2 Å². The fourth-order valence-corrected chi connectivity index (χ4v) is 8.41. The minimum atomic E-state index is -4.72. The molecule has 6 rings (SSSR count). The monoisotopic (exact) mass is 814 g/mol. The van der Waals surface area contributed by atoms with Gasteiger partial charge in [-0.3, -0.25) is 14.4 Å². The van der Waals surface area contributed by atoms with Crippen LogP contribution in [-0.4, -0.2) is 78.9 Å². The number of hydrogen-bond acceptors (Lipinski definition) is 4. The Morgan fingerprint density at radius 3 is 2.02 bits per heavy atom. The zero-order valence-electron chi connectivity index (χ0n) is 30.6. The highest BCUT2D eigenvalue weighted by Crippen LogP contribution is 2.42. The number of likely N-dealkylation sites (tertiary alicyclic amines) is 1. The van der Waals surface area contributed by atoms with E-state index in [0.29, 0.717) is 44.5 Å². The predicted octanol–water partition coefficient (Wildman–Crippen LogP) is 8.37. The number of carbonyl (C=O) groups is 3. The highest BCUT2D eigenvalue weighted by Gasteiger charge is 2.46. The number of nitrogens with zero attached hydrogens (tertiary/aromatic N) is 3. The topological polar surface area (TPSA) is 73.0 Å². The Labute approximate surface area is 336 Å². The summed E-state index contributed by atoms with van der Waals surface area (Å²) >= 11 is 13.0. The molecule has 0 unspecified atom stereocenters. The third-order valence-electron chi connectivity index (χ3n) is 11.0.